The molecule has 2 heterocycles. The van der Waals surface area contributed by atoms with Gasteiger partial charge in [0, 0.05) is 12.6 Å². The molecule has 6 heteroatoms. The van der Waals surface area contributed by atoms with Gasteiger partial charge in [0.25, 0.3) is 11.5 Å². The van der Waals surface area contributed by atoms with Crippen LogP contribution in [0.5, 0.6) is 5.88 Å². The van der Waals surface area contributed by atoms with E-state index in [-0.39, 0.29) is 0 Å². The van der Waals surface area contributed by atoms with Crippen LogP contribution in [0.15, 0.2) is 12.1 Å². The maximum atomic E-state index is 6.02. The number of hydrogen-bond acceptors (Lipinski definition) is 4. The van der Waals surface area contributed by atoms with Crippen molar-refractivity contribution in [3.8, 4) is 5.88 Å². The van der Waals surface area contributed by atoms with E-state index < -0.39 is 0 Å². The highest BCUT2D eigenvalue weighted by atomic mass is 16.5. The summed E-state index contributed by atoms with van der Waals surface area (Å²) in [6.45, 7) is 8.16. The maximum absolute atomic E-state index is 6.02. The van der Waals surface area contributed by atoms with E-state index in [1.807, 2.05) is 16.7 Å². The average molecular weight is 264 g/mol. The number of fused-ring (bicyclic) bond motifs is 1. The lowest BCUT2D eigenvalue weighted by Gasteiger charge is -2.16. The zero-order chi connectivity index (χ0) is 13.8. The Balaban J connectivity index is 2.28. The van der Waals surface area contributed by atoms with E-state index in [9.17, 15) is 0 Å². The van der Waals surface area contributed by atoms with Crippen molar-refractivity contribution in [2.75, 3.05) is 32.5 Å². The number of aromatic nitrogens is 3. The van der Waals surface area contributed by atoms with Crippen molar-refractivity contribution in [3.05, 3.63) is 12.1 Å². The molecule has 0 amide bonds. The topological polar surface area (TPSA) is 71.0 Å². The van der Waals surface area contributed by atoms with Crippen LogP contribution in [0, 0.1) is 0 Å². The lowest BCUT2D eigenvalue weighted by atomic mass is 10.4. The van der Waals surface area contributed by atoms with Crippen LogP contribution in [0.4, 0.5) is 5.95 Å². The van der Waals surface area contributed by atoms with Crippen LogP contribution in [0.1, 0.15) is 13.8 Å². The van der Waals surface area contributed by atoms with Crippen LogP contribution in [0.2, 0.25) is 0 Å². The van der Waals surface area contributed by atoms with Crippen LogP contribution in [0.3, 0.4) is 0 Å². The van der Waals surface area contributed by atoms with E-state index in [1.165, 1.54) is 0 Å². The Kier molecular flexibility index (Phi) is 4.21. The van der Waals surface area contributed by atoms with Crippen LogP contribution < -0.4 is 15.0 Å². The van der Waals surface area contributed by atoms with E-state index in [4.69, 9.17) is 10.5 Å². The highest BCUT2D eigenvalue weighted by Gasteiger charge is 2.17. The summed E-state index contributed by atoms with van der Waals surface area (Å²) in [4.78, 5) is 9.95. The lowest BCUT2D eigenvalue weighted by Crippen LogP contribution is -2.42. The largest absolute Gasteiger partial charge is 0.472 e. The zero-order valence-corrected chi connectivity index (χ0v) is 11.8. The van der Waals surface area contributed by atoms with Crippen molar-refractivity contribution in [2.24, 2.45) is 0 Å². The summed E-state index contributed by atoms with van der Waals surface area (Å²) in [5, 5.41) is 0. The molecule has 0 fully saturated rings. The van der Waals surface area contributed by atoms with Gasteiger partial charge in [-0.15, -0.1) is 0 Å². The van der Waals surface area contributed by atoms with E-state index in [0.29, 0.717) is 11.8 Å². The molecule has 2 aromatic heterocycles. The van der Waals surface area contributed by atoms with Gasteiger partial charge in [-0.25, -0.2) is 4.57 Å². The van der Waals surface area contributed by atoms with E-state index in [0.717, 1.165) is 37.3 Å². The molecule has 0 aliphatic rings. The predicted octanol–water partition coefficient (Wildman–Crippen LogP) is 0.783. The highest BCUT2D eigenvalue weighted by Crippen LogP contribution is 2.13. The third-order valence-corrected chi connectivity index (χ3v) is 3.40. The van der Waals surface area contributed by atoms with Gasteiger partial charge < -0.3 is 15.4 Å². The van der Waals surface area contributed by atoms with Gasteiger partial charge in [-0.3, -0.25) is 4.98 Å². The van der Waals surface area contributed by atoms with E-state index in [1.54, 1.807) is 7.11 Å². The lowest BCUT2D eigenvalue weighted by molar-refractivity contribution is -0.658. The number of pyridine rings is 1. The first-order valence-electron chi connectivity index (χ1n) is 6.64. The molecule has 0 unspecified atom stereocenters. The van der Waals surface area contributed by atoms with Gasteiger partial charge in [0.15, 0.2) is 5.52 Å². The number of hydrogen-bond donors (Lipinski definition) is 2. The monoisotopic (exact) mass is 264 g/mol. The van der Waals surface area contributed by atoms with Gasteiger partial charge in [-0.2, -0.15) is 0 Å². The van der Waals surface area contributed by atoms with Crippen LogP contribution >= 0.6 is 0 Å². The molecule has 0 radical (unpaired) electrons. The zero-order valence-electron chi connectivity index (χ0n) is 11.8. The molecule has 0 saturated heterocycles. The number of H-pyrrole nitrogens is 1. The number of anilines is 1. The molecule has 6 nitrogen and oxygen atoms in total. The summed E-state index contributed by atoms with van der Waals surface area (Å²) in [6.07, 6.45) is 0. The quantitative estimate of drug-likeness (QED) is 0.757. The molecule has 2 aromatic rings. The van der Waals surface area contributed by atoms with Gasteiger partial charge >= 0.3 is 5.95 Å². The van der Waals surface area contributed by atoms with Crippen molar-refractivity contribution in [1.29, 1.82) is 0 Å². The van der Waals surface area contributed by atoms with Gasteiger partial charge in [-0.05, 0) is 19.2 Å². The van der Waals surface area contributed by atoms with Crippen LogP contribution in [-0.2, 0) is 6.54 Å². The number of likely N-dealkylation sites (N-methyl/N-ethyl adjacent to an activating group) is 1. The number of methoxy groups -OCH3 is 1. The number of rotatable bonds is 6. The van der Waals surface area contributed by atoms with Gasteiger partial charge in [0.2, 0.25) is 0 Å². The molecule has 3 N–H and O–H groups in total. The minimum absolute atomic E-state index is 0.600. The average Bonchev–Trinajstić information content (AvgIpc) is 2.75. The minimum atomic E-state index is 0.600. The van der Waals surface area contributed by atoms with Crippen molar-refractivity contribution in [1.82, 2.24) is 14.9 Å². The normalized spacial score (nSPS) is 11.4. The Morgan fingerprint density at radius 2 is 2.11 bits per heavy atom. The third kappa shape index (κ3) is 2.78. The third-order valence-electron chi connectivity index (χ3n) is 3.40. The SMILES string of the molecule is CCN(CC)CC[n+]1c(N)[nH]c2ccc(OC)nc21. The smallest absolute Gasteiger partial charge is 0.312 e. The first-order chi connectivity index (χ1) is 9.19. The first-order valence-corrected chi connectivity index (χ1v) is 6.64. The summed E-state index contributed by atoms with van der Waals surface area (Å²) in [5.74, 6) is 1.23. The van der Waals surface area contributed by atoms with Gasteiger partial charge in [0.05, 0.1) is 13.7 Å². The standard InChI is InChI=1S/C13H21N5O/c1-4-17(5-2)8-9-18-12-10(15-13(18)14)6-7-11(16-12)19-3/h6-7H,4-5,8-9H2,1-3H3,(H2,14,15)/p+1. The van der Waals surface area contributed by atoms with Crippen molar-refractivity contribution < 1.29 is 9.30 Å². The fourth-order valence-corrected chi connectivity index (χ4v) is 2.18. The Bertz CT molecular complexity index is 547. The minimum Gasteiger partial charge on any atom is -0.472 e. The number of nitrogen functional groups attached to an aromatic ring is 1. The summed E-state index contributed by atoms with van der Waals surface area (Å²) >= 11 is 0. The molecule has 0 saturated carbocycles. The number of ether oxygens (including phenoxy) is 1. The van der Waals surface area contributed by atoms with E-state index >= 15 is 0 Å². The van der Waals surface area contributed by atoms with Crippen molar-refractivity contribution in [3.63, 3.8) is 0 Å². The van der Waals surface area contributed by atoms with Crippen molar-refractivity contribution in [2.45, 2.75) is 20.4 Å². The number of nitrogens with zero attached hydrogens (tertiary/aromatic N) is 3. The summed E-state index contributed by atoms with van der Waals surface area (Å²) in [6, 6.07) is 3.76. The second kappa shape index (κ2) is 5.88. The predicted molar refractivity (Wildman–Crippen MR) is 75.0 cm³/mol. The van der Waals surface area contributed by atoms with Gasteiger partial charge in [0.1, 0.15) is 0 Å². The van der Waals surface area contributed by atoms with Crippen LogP contribution in [-0.4, -0.2) is 41.6 Å². The Hall–Kier alpha value is -1.82. The first kappa shape index (κ1) is 13.6. The molecule has 0 atom stereocenters. The second-order valence-electron chi connectivity index (χ2n) is 4.41. The Labute approximate surface area is 113 Å². The molecule has 0 aliphatic carbocycles. The Morgan fingerprint density at radius 1 is 1.37 bits per heavy atom. The summed E-state index contributed by atoms with van der Waals surface area (Å²) < 4.78 is 7.16. The van der Waals surface area contributed by atoms with Gasteiger partial charge in [-0.1, -0.05) is 18.8 Å². The molecular weight excluding hydrogens is 242 g/mol. The molecule has 0 spiro atoms. The number of nitrogens with two attached hydrogens (primary N) is 1. The molecule has 0 aromatic carbocycles. The fraction of sp³-hybridized carbons (Fsp3) is 0.538. The molecule has 19 heavy (non-hydrogen) atoms. The summed E-state index contributed by atoms with van der Waals surface area (Å²) in [5.41, 5.74) is 7.79. The summed E-state index contributed by atoms with van der Waals surface area (Å²) in [7, 11) is 1.62. The molecule has 104 valence electrons. The second-order valence-corrected chi connectivity index (χ2v) is 4.41. The Morgan fingerprint density at radius 3 is 2.74 bits per heavy atom. The molecular formula is C13H22N5O+. The van der Waals surface area contributed by atoms with Crippen LogP contribution in [0.25, 0.3) is 11.2 Å². The molecule has 0 bridgehead atoms. The number of imidazole rings is 1. The molecule has 2 rings (SSSR count). The maximum Gasteiger partial charge on any atom is 0.312 e. The highest BCUT2D eigenvalue weighted by molar-refractivity contribution is 5.69. The molecule has 0 aliphatic heterocycles. The fourth-order valence-electron chi connectivity index (χ4n) is 2.18. The van der Waals surface area contributed by atoms with Crippen molar-refractivity contribution >= 4 is 17.1 Å². The van der Waals surface area contributed by atoms with E-state index in [2.05, 4.69) is 28.7 Å². The number of nitrogens with one attached hydrogen (secondary N) is 1. The number of aromatic amines is 1.